The second-order valence-corrected chi connectivity index (χ2v) is 7.76. The van der Waals surface area contributed by atoms with E-state index in [2.05, 4.69) is 20.4 Å². The molecule has 9 heteroatoms. The molecule has 35 heavy (non-hydrogen) atoms. The predicted octanol–water partition coefficient (Wildman–Crippen LogP) is 4.58. The van der Waals surface area contributed by atoms with Crippen LogP contribution >= 0.6 is 0 Å². The lowest BCUT2D eigenvalue weighted by Crippen LogP contribution is -2.20. The molecule has 0 aliphatic rings. The summed E-state index contributed by atoms with van der Waals surface area (Å²) in [5, 5.41) is 9.15. The fraction of sp³-hybridized carbons (Fsp3) is 0.154. The number of fused-ring (bicyclic) bond motifs is 1. The van der Waals surface area contributed by atoms with Crippen LogP contribution in [0.15, 0.2) is 76.1 Å². The zero-order valence-electron chi connectivity index (χ0n) is 19.2. The second-order valence-electron chi connectivity index (χ2n) is 7.76. The molecule has 0 fully saturated rings. The average Bonchev–Trinajstić information content (AvgIpc) is 3.54. The number of hydrogen-bond acceptors (Lipinski definition) is 6. The molecule has 3 aromatic heterocycles. The van der Waals surface area contributed by atoms with E-state index in [4.69, 9.17) is 9.15 Å². The molecule has 0 atom stereocenters. The van der Waals surface area contributed by atoms with E-state index in [1.807, 2.05) is 44.2 Å². The highest BCUT2D eigenvalue weighted by Gasteiger charge is 2.21. The van der Waals surface area contributed by atoms with E-state index in [0.29, 0.717) is 47.3 Å². The monoisotopic (exact) mass is 469 g/mol. The minimum absolute atomic E-state index is 0.186. The summed E-state index contributed by atoms with van der Waals surface area (Å²) in [6.45, 7) is 4.18. The van der Waals surface area contributed by atoms with Gasteiger partial charge >= 0.3 is 0 Å². The zero-order valence-corrected chi connectivity index (χ0v) is 19.2. The normalized spacial score (nSPS) is 11.0. The van der Waals surface area contributed by atoms with Crippen LogP contribution in [0.5, 0.6) is 5.75 Å². The van der Waals surface area contributed by atoms with Crippen molar-refractivity contribution >= 4 is 22.5 Å². The summed E-state index contributed by atoms with van der Waals surface area (Å²) in [7, 11) is 0. The first-order chi connectivity index (χ1) is 17.1. The summed E-state index contributed by atoms with van der Waals surface area (Å²) in [6, 6.07) is 17.9. The van der Waals surface area contributed by atoms with Gasteiger partial charge in [-0.25, -0.2) is 4.98 Å². The van der Waals surface area contributed by atoms with Crippen molar-refractivity contribution in [1.82, 2.24) is 19.7 Å². The maximum Gasteiger partial charge on any atom is 0.261 e. The highest BCUT2D eigenvalue weighted by atomic mass is 16.5. The number of aromatic amines is 1. The first-order valence-electron chi connectivity index (χ1n) is 11.3. The van der Waals surface area contributed by atoms with Gasteiger partial charge in [0.15, 0.2) is 5.76 Å². The van der Waals surface area contributed by atoms with Crippen LogP contribution in [0, 0.1) is 0 Å². The lowest BCUT2D eigenvalue weighted by molar-refractivity contribution is 0.102. The molecule has 5 rings (SSSR count). The Morgan fingerprint density at radius 3 is 2.74 bits per heavy atom. The first-order valence-corrected chi connectivity index (χ1v) is 11.3. The molecule has 2 N–H and O–H groups in total. The third kappa shape index (κ3) is 4.31. The minimum Gasteiger partial charge on any atom is -0.493 e. The van der Waals surface area contributed by atoms with Gasteiger partial charge in [-0.05, 0) is 42.3 Å². The summed E-state index contributed by atoms with van der Waals surface area (Å²) in [5.41, 5.74) is 1.16. The fourth-order valence-electron chi connectivity index (χ4n) is 3.89. The Balaban J connectivity index is 1.63. The molecule has 9 nitrogen and oxygen atoms in total. The van der Waals surface area contributed by atoms with Crippen LogP contribution in [0.4, 0.5) is 5.82 Å². The number of rotatable bonds is 7. The largest absolute Gasteiger partial charge is 0.493 e. The van der Waals surface area contributed by atoms with Crippen molar-refractivity contribution in [3.8, 4) is 23.2 Å². The number of aromatic nitrogens is 4. The number of aryl methyl sites for hydroxylation is 1. The van der Waals surface area contributed by atoms with Crippen molar-refractivity contribution in [2.45, 2.75) is 20.3 Å². The van der Waals surface area contributed by atoms with Gasteiger partial charge in [-0.2, -0.15) is 9.78 Å². The molecule has 5 aromatic rings. The standard InChI is InChI=1S/C26H23N5O4/c1-3-17-14-23(32)29-26(27-17)31-22(15-19(30-31)20-10-7-13-35-20)28-25(33)24-18-9-6-5-8-16(18)11-12-21(24)34-4-2/h5-15H,3-4H2,1-2H3,(H,28,33)(H,27,29,32). The van der Waals surface area contributed by atoms with Crippen molar-refractivity contribution in [2.24, 2.45) is 0 Å². The van der Waals surface area contributed by atoms with E-state index in [9.17, 15) is 9.59 Å². The summed E-state index contributed by atoms with van der Waals surface area (Å²) in [6.07, 6.45) is 2.10. The van der Waals surface area contributed by atoms with Crippen LogP contribution in [-0.2, 0) is 6.42 Å². The molecule has 0 spiro atoms. The molecule has 0 unspecified atom stereocenters. The number of furan rings is 1. The van der Waals surface area contributed by atoms with Gasteiger partial charge in [0.1, 0.15) is 17.3 Å². The minimum atomic E-state index is -0.383. The number of benzene rings is 2. The molecule has 1 amide bonds. The van der Waals surface area contributed by atoms with E-state index < -0.39 is 0 Å². The van der Waals surface area contributed by atoms with E-state index in [-0.39, 0.29) is 17.4 Å². The maximum atomic E-state index is 13.6. The molecule has 0 aliphatic heterocycles. The van der Waals surface area contributed by atoms with Crippen molar-refractivity contribution in [3.05, 3.63) is 88.5 Å². The molecule has 0 saturated carbocycles. The third-order valence-corrected chi connectivity index (χ3v) is 5.49. The molecule has 0 saturated heterocycles. The van der Waals surface area contributed by atoms with Crippen LogP contribution < -0.4 is 15.6 Å². The molecule has 3 heterocycles. The van der Waals surface area contributed by atoms with Gasteiger partial charge in [-0.15, -0.1) is 0 Å². The number of nitrogens with one attached hydrogen (secondary N) is 2. The highest BCUT2D eigenvalue weighted by Crippen LogP contribution is 2.30. The van der Waals surface area contributed by atoms with Crippen LogP contribution in [0.2, 0.25) is 0 Å². The number of ether oxygens (including phenoxy) is 1. The van der Waals surface area contributed by atoms with Crippen molar-refractivity contribution in [3.63, 3.8) is 0 Å². The number of nitrogens with zero attached hydrogens (tertiary/aromatic N) is 3. The molecular weight excluding hydrogens is 446 g/mol. The molecular formula is C26H23N5O4. The zero-order chi connectivity index (χ0) is 24.4. The van der Waals surface area contributed by atoms with Crippen molar-refractivity contribution < 1.29 is 13.9 Å². The topological polar surface area (TPSA) is 115 Å². The number of hydrogen-bond donors (Lipinski definition) is 2. The van der Waals surface area contributed by atoms with E-state index in [0.717, 1.165) is 10.8 Å². The van der Waals surface area contributed by atoms with Gasteiger partial charge in [0.25, 0.3) is 11.5 Å². The lowest BCUT2D eigenvalue weighted by Gasteiger charge is -2.14. The van der Waals surface area contributed by atoms with E-state index >= 15 is 0 Å². The molecule has 0 aliphatic carbocycles. The molecule has 176 valence electrons. The predicted molar refractivity (Wildman–Crippen MR) is 132 cm³/mol. The molecule has 0 radical (unpaired) electrons. The summed E-state index contributed by atoms with van der Waals surface area (Å²) in [5.74, 6) is 1.10. The second kappa shape index (κ2) is 9.30. The van der Waals surface area contributed by atoms with Crippen LogP contribution in [-0.4, -0.2) is 32.3 Å². The Bertz CT molecular complexity index is 1570. The molecule has 0 bridgehead atoms. The summed E-state index contributed by atoms with van der Waals surface area (Å²) >= 11 is 0. The van der Waals surface area contributed by atoms with Gasteiger partial charge in [-0.1, -0.05) is 37.3 Å². The summed E-state index contributed by atoms with van der Waals surface area (Å²) < 4.78 is 12.7. The highest BCUT2D eigenvalue weighted by molar-refractivity contribution is 6.15. The average molecular weight is 470 g/mol. The van der Waals surface area contributed by atoms with Gasteiger partial charge in [-0.3, -0.25) is 14.6 Å². The number of H-pyrrole nitrogens is 1. The lowest BCUT2D eigenvalue weighted by atomic mass is 10.0. The Kier molecular flexibility index (Phi) is 5.88. The Morgan fingerprint density at radius 2 is 1.97 bits per heavy atom. The number of amides is 1. The SMILES string of the molecule is CCOc1ccc2ccccc2c1C(=O)Nc1cc(-c2ccco2)nn1-c1nc(CC)cc(=O)[nH]1. The number of anilines is 1. The van der Waals surface area contributed by atoms with Crippen LogP contribution in [0.1, 0.15) is 29.9 Å². The molecule has 2 aromatic carbocycles. The quantitative estimate of drug-likeness (QED) is 0.360. The Labute approximate surface area is 200 Å². The van der Waals surface area contributed by atoms with E-state index in [1.165, 1.54) is 17.0 Å². The fourth-order valence-corrected chi connectivity index (χ4v) is 3.89. The Hall–Kier alpha value is -4.66. The van der Waals surface area contributed by atoms with Gasteiger partial charge in [0.05, 0.1) is 18.4 Å². The van der Waals surface area contributed by atoms with Crippen LogP contribution in [0.25, 0.3) is 28.2 Å². The smallest absolute Gasteiger partial charge is 0.261 e. The van der Waals surface area contributed by atoms with Gasteiger partial charge in [0, 0.05) is 17.8 Å². The number of carbonyl (C=O) groups is 1. The first kappa shape index (κ1) is 22.1. The van der Waals surface area contributed by atoms with Gasteiger partial charge in [0.2, 0.25) is 5.95 Å². The summed E-state index contributed by atoms with van der Waals surface area (Å²) in [4.78, 5) is 33.1. The van der Waals surface area contributed by atoms with Gasteiger partial charge < -0.3 is 14.5 Å². The van der Waals surface area contributed by atoms with Crippen molar-refractivity contribution in [1.29, 1.82) is 0 Å². The van der Waals surface area contributed by atoms with Crippen molar-refractivity contribution in [2.75, 3.05) is 11.9 Å². The third-order valence-electron chi connectivity index (χ3n) is 5.49. The Morgan fingerprint density at radius 1 is 1.11 bits per heavy atom. The maximum absolute atomic E-state index is 13.6. The van der Waals surface area contributed by atoms with E-state index in [1.54, 1.807) is 24.3 Å². The number of carbonyl (C=O) groups excluding carboxylic acids is 1. The van der Waals surface area contributed by atoms with Crippen LogP contribution in [0.3, 0.4) is 0 Å².